The summed E-state index contributed by atoms with van der Waals surface area (Å²) in [7, 11) is 1.61. The molecule has 0 aliphatic rings. The van der Waals surface area contributed by atoms with Gasteiger partial charge in [0, 0.05) is 26.4 Å². The number of methoxy groups -OCH3 is 1. The number of ether oxygens (including phenoxy) is 2. The molecule has 2 heterocycles. The number of benzene rings is 3. The highest BCUT2D eigenvalue weighted by atomic mass is 35.5. The van der Waals surface area contributed by atoms with Crippen molar-refractivity contribution in [2.24, 2.45) is 0 Å². The largest absolute Gasteiger partial charge is 0.495 e. The lowest BCUT2D eigenvalue weighted by molar-refractivity contribution is 0.304. The van der Waals surface area contributed by atoms with Gasteiger partial charge in [-0.2, -0.15) is 0 Å². The molecule has 0 spiro atoms. The lowest BCUT2D eigenvalue weighted by atomic mass is 10.1. The van der Waals surface area contributed by atoms with Crippen LogP contribution in [0, 0.1) is 0 Å². The molecule has 0 saturated heterocycles. The van der Waals surface area contributed by atoms with E-state index in [0.29, 0.717) is 48.9 Å². The van der Waals surface area contributed by atoms with E-state index in [0.717, 1.165) is 11.3 Å². The monoisotopic (exact) mass is 524 g/mol. The Morgan fingerprint density at radius 2 is 1.86 bits per heavy atom. The first kappa shape index (κ1) is 23.2. The van der Waals surface area contributed by atoms with Gasteiger partial charge in [-0.25, -0.2) is 9.78 Å². The zero-order valence-corrected chi connectivity index (χ0v) is 20.7. The Balaban J connectivity index is 1.42. The molecule has 5 rings (SSSR count). The highest BCUT2D eigenvalue weighted by molar-refractivity contribution is 7.14. The molecule has 0 amide bonds. The summed E-state index contributed by atoms with van der Waals surface area (Å²) in [6.07, 6.45) is 0. The van der Waals surface area contributed by atoms with Gasteiger partial charge in [-0.1, -0.05) is 53.5 Å². The number of aromatic nitrogens is 1. The van der Waals surface area contributed by atoms with Gasteiger partial charge in [0.1, 0.15) is 12.4 Å². The fourth-order valence-corrected chi connectivity index (χ4v) is 4.71. The van der Waals surface area contributed by atoms with Gasteiger partial charge < -0.3 is 19.2 Å². The molecule has 176 valence electrons. The average molecular weight is 525 g/mol. The van der Waals surface area contributed by atoms with Crippen molar-refractivity contribution >= 4 is 56.3 Å². The number of para-hydroxylation sites is 3. The predicted octanol–water partition coefficient (Wildman–Crippen LogP) is 7.55. The molecule has 35 heavy (non-hydrogen) atoms. The fourth-order valence-electron chi connectivity index (χ4n) is 3.52. The minimum absolute atomic E-state index is 0.199. The smallest absolute Gasteiger partial charge is 0.345 e. The summed E-state index contributed by atoms with van der Waals surface area (Å²) in [4.78, 5) is 17.5. The average Bonchev–Trinajstić information content (AvgIpc) is 3.32. The maximum atomic E-state index is 12.9. The Bertz CT molecular complexity index is 1580. The molecule has 0 radical (unpaired) electrons. The van der Waals surface area contributed by atoms with Crippen molar-refractivity contribution in [1.29, 1.82) is 0 Å². The molecular formula is C26H18Cl2N2O4S. The number of rotatable bonds is 7. The molecule has 0 atom stereocenters. The summed E-state index contributed by atoms with van der Waals surface area (Å²) in [6.45, 7) is 0.199. The maximum Gasteiger partial charge on any atom is 0.345 e. The van der Waals surface area contributed by atoms with Gasteiger partial charge in [0.25, 0.3) is 0 Å². The van der Waals surface area contributed by atoms with Crippen LogP contribution in [0.4, 0.5) is 10.8 Å². The third-order valence-corrected chi connectivity index (χ3v) is 6.60. The van der Waals surface area contributed by atoms with Crippen molar-refractivity contribution in [2.45, 2.75) is 6.61 Å². The Kier molecular flexibility index (Phi) is 6.63. The van der Waals surface area contributed by atoms with Crippen LogP contribution in [0.1, 0.15) is 5.56 Å². The molecule has 0 aliphatic carbocycles. The number of hydrogen-bond acceptors (Lipinski definition) is 7. The molecule has 0 saturated carbocycles. The zero-order valence-electron chi connectivity index (χ0n) is 18.4. The highest BCUT2D eigenvalue weighted by Crippen LogP contribution is 2.33. The van der Waals surface area contributed by atoms with Crippen LogP contribution in [0.2, 0.25) is 10.0 Å². The third-order valence-electron chi connectivity index (χ3n) is 5.25. The van der Waals surface area contributed by atoms with E-state index in [1.807, 2.05) is 36.4 Å². The number of halogens is 2. The zero-order chi connectivity index (χ0) is 24.4. The first-order valence-corrected chi connectivity index (χ1v) is 12.1. The van der Waals surface area contributed by atoms with E-state index in [1.165, 1.54) is 11.3 Å². The second-order valence-electron chi connectivity index (χ2n) is 7.51. The number of thiazole rings is 1. The van der Waals surface area contributed by atoms with Gasteiger partial charge in [0.2, 0.25) is 0 Å². The first-order valence-electron chi connectivity index (χ1n) is 10.5. The van der Waals surface area contributed by atoms with Crippen molar-refractivity contribution in [3.8, 4) is 22.8 Å². The van der Waals surface area contributed by atoms with Crippen molar-refractivity contribution in [1.82, 2.24) is 4.98 Å². The second kappa shape index (κ2) is 10.00. The summed E-state index contributed by atoms with van der Waals surface area (Å²) >= 11 is 13.6. The predicted molar refractivity (Wildman–Crippen MR) is 141 cm³/mol. The molecule has 0 aliphatic heterocycles. The summed E-state index contributed by atoms with van der Waals surface area (Å²) < 4.78 is 17.0. The Labute approximate surface area is 214 Å². The topological polar surface area (TPSA) is 73.6 Å². The molecular weight excluding hydrogens is 507 g/mol. The van der Waals surface area contributed by atoms with E-state index < -0.39 is 5.63 Å². The van der Waals surface area contributed by atoms with Crippen molar-refractivity contribution in [3.05, 3.63) is 98.1 Å². The maximum absolute atomic E-state index is 12.9. The van der Waals surface area contributed by atoms with E-state index in [-0.39, 0.29) is 6.61 Å². The molecule has 0 fully saturated rings. The molecule has 0 bridgehead atoms. The van der Waals surface area contributed by atoms with Crippen molar-refractivity contribution in [2.75, 3.05) is 12.4 Å². The normalized spacial score (nSPS) is 10.9. The Morgan fingerprint density at radius 3 is 2.69 bits per heavy atom. The quantitative estimate of drug-likeness (QED) is 0.221. The lowest BCUT2D eigenvalue weighted by Gasteiger charge is -2.10. The summed E-state index contributed by atoms with van der Waals surface area (Å²) in [5.74, 6) is 1.14. The van der Waals surface area contributed by atoms with Crippen LogP contribution in [0.15, 0.2) is 81.3 Å². The van der Waals surface area contributed by atoms with Crippen LogP contribution >= 0.6 is 34.5 Å². The fraction of sp³-hybridized carbons (Fsp3) is 0.0769. The van der Waals surface area contributed by atoms with Gasteiger partial charge in [-0.05, 0) is 36.4 Å². The number of nitrogens with zero attached hydrogens (tertiary/aromatic N) is 1. The van der Waals surface area contributed by atoms with E-state index >= 15 is 0 Å². The summed E-state index contributed by atoms with van der Waals surface area (Å²) in [5, 5.41) is 7.42. The third kappa shape index (κ3) is 4.98. The van der Waals surface area contributed by atoms with Gasteiger partial charge in [-0.3, -0.25) is 0 Å². The molecule has 6 nitrogen and oxygen atoms in total. The molecule has 0 unspecified atom stereocenters. The van der Waals surface area contributed by atoms with Crippen molar-refractivity contribution in [3.63, 3.8) is 0 Å². The van der Waals surface area contributed by atoms with E-state index in [4.69, 9.17) is 37.1 Å². The molecule has 1 N–H and O–H groups in total. The molecule has 2 aromatic heterocycles. The van der Waals surface area contributed by atoms with Crippen LogP contribution in [0.5, 0.6) is 11.5 Å². The van der Waals surface area contributed by atoms with Gasteiger partial charge in [0.15, 0.2) is 16.5 Å². The van der Waals surface area contributed by atoms with E-state index in [2.05, 4.69) is 10.3 Å². The lowest BCUT2D eigenvalue weighted by Crippen LogP contribution is -2.04. The minimum Gasteiger partial charge on any atom is -0.495 e. The molecule has 9 heteroatoms. The van der Waals surface area contributed by atoms with Crippen LogP contribution < -0.4 is 20.4 Å². The number of nitrogens with one attached hydrogen (secondary N) is 1. The van der Waals surface area contributed by atoms with Crippen LogP contribution in [0.3, 0.4) is 0 Å². The summed E-state index contributed by atoms with van der Waals surface area (Å²) in [6, 6.07) is 19.9. The minimum atomic E-state index is -0.507. The number of fused-ring (bicyclic) bond motifs is 1. The second-order valence-corrected chi connectivity index (χ2v) is 9.21. The van der Waals surface area contributed by atoms with Crippen LogP contribution in [-0.4, -0.2) is 12.1 Å². The van der Waals surface area contributed by atoms with E-state index in [9.17, 15) is 4.79 Å². The van der Waals surface area contributed by atoms with Crippen LogP contribution in [-0.2, 0) is 6.61 Å². The molecule has 3 aromatic carbocycles. The first-order chi connectivity index (χ1) is 17.0. The Morgan fingerprint density at radius 1 is 1.03 bits per heavy atom. The highest BCUT2D eigenvalue weighted by Gasteiger charge is 2.15. The van der Waals surface area contributed by atoms with Gasteiger partial charge in [-0.15, -0.1) is 11.3 Å². The van der Waals surface area contributed by atoms with Gasteiger partial charge >= 0.3 is 5.63 Å². The number of anilines is 2. The summed E-state index contributed by atoms with van der Waals surface area (Å²) in [5.41, 5.74) is 2.27. The molecule has 5 aromatic rings. The van der Waals surface area contributed by atoms with Gasteiger partial charge in [0.05, 0.1) is 24.1 Å². The van der Waals surface area contributed by atoms with Crippen LogP contribution in [0.25, 0.3) is 22.2 Å². The SMILES string of the molecule is COc1ccccc1Nc1nc(-c2cc3cccc(OCc4ccc(Cl)cc4Cl)c3oc2=O)cs1. The van der Waals surface area contributed by atoms with E-state index in [1.54, 1.807) is 42.8 Å². The number of hydrogen-bond donors (Lipinski definition) is 1. The standard InChI is InChI=1S/C26H18Cl2N2O4S/c1-32-22-7-3-2-6-20(22)29-26-30-21(14-35-26)18-11-15-5-4-8-23(24(15)34-25(18)31)33-13-16-9-10-17(27)12-19(16)28/h2-12,14H,13H2,1H3,(H,29,30). The van der Waals surface area contributed by atoms with Crippen molar-refractivity contribution < 1.29 is 13.9 Å². The Hall–Kier alpha value is -3.52.